The fourth-order valence-corrected chi connectivity index (χ4v) is 2.09. The Kier molecular flexibility index (Phi) is 11.6. The molecule has 0 nitrogen and oxygen atoms in total. The van der Waals surface area contributed by atoms with E-state index in [-0.39, 0.29) is 0 Å². The predicted octanol–water partition coefficient (Wildman–Crippen LogP) is 6.43. The van der Waals surface area contributed by atoms with Gasteiger partial charge in [-0.2, -0.15) is 0 Å². The summed E-state index contributed by atoms with van der Waals surface area (Å²) in [6.45, 7) is 12.1. The zero-order valence-corrected chi connectivity index (χ0v) is 12.2. The lowest BCUT2D eigenvalue weighted by molar-refractivity contribution is 0.558. The van der Waals surface area contributed by atoms with E-state index < -0.39 is 0 Å². The Bertz CT molecular complexity index is 178. The van der Waals surface area contributed by atoms with Crippen molar-refractivity contribution in [3.63, 3.8) is 0 Å². The van der Waals surface area contributed by atoms with E-state index in [1.807, 2.05) is 0 Å². The van der Waals surface area contributed by atoms with Gasteiger partial charge in [-0.25, -0.2) is 0 Å². The first-order chi connectivity index (χ1) is 8.13. The second kappa shape index (κ2) is 12.0. The molecule has 0 atom stereocenters. The first kappa shape index (κ1) is 16.5. The van der Waals surface area contributed by atoms with E-state index in [0.717, 1.165) is 0 Å². The second-order valence-corrected chi connectivity index (χ2v) is 5.60. The third-order valence-electron chi connectivity index (χ3n) is 3.21. The van der Waals surface area contributed by atoms with Crippen molar-refractivity contribution >= 4 is 0 Å². The van der Waals surface area contributed by atoms with Crippen LogP contribution < -0.4 is 0 Å². The normalized spacial score (nSPS) is 10.5. The Morgan fingerprint density at radius 3 is 1.00 bits per heavy atom. The number of allylic oxidation sites excluding steroid dienone is 2. The van der Waals surface area contributed by atoms with Crippen molar-refractivity contribution in [2.45, 2.75) is 84.5 Å². The van der Waals surface area contributed by atoms with Crippen molar-refractivity contribution in [1.82, 2.24) is 0 Å². The predicted molar refractivity (Wildman–Crippen MR) is 80.4 cm³/mol. The average Bonchev–Trinajstić information content (AvgIpc) is 2.25. The SMILES string of the molecule is C=C(C)CCCCCCCCCCCC(=C)C. The van der Waals surface area contributed by atoms with Crippen LogP contribution in [0.1, 0.15) is 84.5 Å². The summed E-state index contributed by atoms with van der Waals surface area (Å²) in [6, 6.07) is 0. The van der Waals surface area contributed by atoms with Crippen LogP contribution in [0.4, 0.5) is 0 Å². The van der Waals surface area contributed by atoms with Crippen LogP contribution in [0.15, 0.2) is 24.3 Å². The van der Waals surface area contributed by atoms with Crippen LogP contribution in [0.5, 0.6) is 0 Å². The molecule has 0 aromatic rings. The molecule has 0 heteroatoms. The lowest BCUT2D eigenvalue weighted by Crippen LogP contribution is -1.83. The molecule has 0 aliphatic rings. The van der Waals surface area contributed by atoms with E-state index in [2.05, 4.69) is 27.0 Å². The largest absolute Gasteiger partial charge is 0.100 e. The molecule has 0 N–H and O–H groups in total. The number of rotatable bonds is 12. The van der Waals surface area contributed by atoms with Gasteiger partial charge in [0, 0.05) is 0 Å². The molecule has 17 heavy (non-hydrogen) atoms. The summed E-state index contributed by atoms with van der Waals surface area (Å²) >= 11 is 0. The van der Waals surface area contributed by atoms with Gasteiger partial charge in [0.15, 0.2) is 0 Å². The highest BCUT2D eigenvalue weighted by molar-refractivity contribution is 4.87. The monoisotopic (exact) mass is 236 g/mol. The van der Waals surface area contributed by atoms with E-state index in [1.165, 1.54) is 81.8 Å². The lowest BCUT2D eigenvalue weighted by atomic mass is 10.0. The zero-order chi connectivity index (χ0) is 12.9. The molecule has 0 aromatic heterocycles. The van der Waals surface area contributed by atoms with E-state index in [1.54, 1.807) is 0 Å². The van der Waals surface area contributed by atoms with E-state index >= 15 is 0 Å². The molecule has 100 valence electrons. The molecule has 0 saturated carbocycles. The average molecular weight is 236 g/mol. The zero-order valence-electron chi connectivity index (χ0n) is 12.2. The van der Waals surface area contributed by atoms with Crippen molar-refractivity contribution < 1.29 is 0 Å². The Morgan fingerprint density at radius 1 is 0.529 bits per heavy atom. The molecule has 0 heterocycles. The molecule has 0 unspecified atom stereocenters. The number of hydrogen-bond acceptors (Lipinski definition) is 0. The minimum absolute atomic E-state index is 1.22. The van der Waals surface area contributed by atoms with Gasteiger partial charge in [-0.05, 0) is 39.5 Å². The van der Waals surface area contributed by atoms with Gasteiger partial charge in [-0.15, -0.1) is 13.2 Å². The minimum Gasteiger partial charge on any atom is -0.100 e. The van der Waals surface area contributed by atoms with E-state index in [9.17, 15) is 0 Å². The highest BCUT2D eigenvalue weighted by Gasteiger charge is 1.93. The Hall–Kier alpha value is -0.520. The summed E-state index contributed by atoms with van der Waals surface area (Å²) in [5.74, 6) is 0. The molecule has 0 amide bonds. The first-order valence-corrected chi connectivity index (χ1v) is 7.41. The molecule has 0 aliphatic carbocycles. The Labute approximate surface area is 109 Å². The van der Waals surface area contributed by atoms with Gasteiger partial charge in [0.25, 0.3) is 0 Å². The fourth-order valence-electron chi connectivity index (χ4n) is 2.09. The van der Waals surface area contributed by atoms with Crippen LogP contribution in [0, 0.1) is 0 Å². The van der Waals surface area contributed by atoms with Crippen LogP contribution in [0.2, 0.25) is 0 Å². The maximum Gasteiger partial charge on any atom is -0.0326 e. The second-order valence-electron chi connectivity index (χ2n) is 5.60. The molecular weight excluding hydrogens is 204 g/mol. The molecule has 0 spiro atoms. The summed E-state index contributed by atoms with van der Waals surface area (Å²) in [4.78, 5) is 0. The van der Waals surface area contributed by atoms with Crippen molar-refractivity contribution in [3.8, 4) is 0 Å². The molecular formula is C17H32. The maximum absolute atomic E-state index is 3.94. The molecule has 0 saturated heterocycles. The highest BCUT2D eigenvalue weighted by Crippen LogP contribution is 2.13. The third-order valence-corrected chi connectivity index (χ3v) is 3.21. The molecule has 0 aliphatic heterocycles. The van der Waals surface area contributed by atoms with E-state index in [4.69, 9.17) is 0 Å². The molecule has 0 radical (unpaired) electrons. The maximum atomic E-state index is 3.94. The summed E-state index contributed by atoms with van der Waals surface area (Å²) in [7, 11) is 0. The topological polar surface area (TPSA) is 0 Å². The quantitative estimate of drug-likeness (QED) is 0.270. The van der Waals surface area contributed by atoms with Crippen molar-refractivity contribution in [2.24, 2.45) is 0 Å². The van der Waals surface area contributed by atoms with Gasteiger partial charge in [0.2, 0.25) is 0 Å². The summed E-state index contributed by atoms with van der Waals surface area (Å²) in [5, 5.41) is 0. The van der Waals surface area contributed by atoms with Crippen LogP contribution in [-0.2, 0) is 0 Å². The summed E-state index contributed by atoms with van der Waals surface area (Å²) in [6.07, 6.45) is 15.0. The van der Waals surface area contributed by atoms with Crippen LogP contribution in [0.3, 0.4) is 0 Å². The van der Waals surface area contributed by atoms with Crippen molar-refractivity contribution in [3.05, 3.63) is 24.3 Å². The van der Waals surface area contributed by atoms with Crippen LogP contribution in [0.25, 0.3) is 0 Å². The fraction of sp³-hybridized carbons (Fsp3) is 0.765. The van der Waals surface area contributed by atoms with Gasteiger partial charge in [-0.3, -0.25) is 0 Å². The Balaban J connectivity index is 2.98. The van der Waals surface area contributed by atoms with Gasteiger partial charge in [0.05, 0.1) is 0 Å². The van der Waals surface area contributed by atoms with Gasteiger partial charge in [-0.1, -0.05) is 56.1 Å². The van der Waals surface area contributed by atoms with Gasteiger partial charge in [0.1, 0.15) is 0 Å². The first-order valence-electron chi connectivity index (χ1n) is 7.41. The van der Waals surface area contributed by atoms with Crippen LogP contribution in [-0.4, -0.2) is 0 Å². The third kappa shape index (κ3) is 15.5. The Morgan fingerprint density at radius 2 is 0.765 bits per heavy atom. The molecule has 0 rings (SSSR count). The summed E-state index contributed by atoms with van der Waals surface area (Å²) in [5.41, 5.74) is 2.67. The smallest absolute Gasteiger partial charge is 0.0326 e. The number of hydrogen-bond donors (Lipinski definition) is 0. The van der Waals surface area contributed by atoms with Crippen molar-refractivity contribution in [2.75, 3.05) is 0 Å². The van der Waals surface area contributed by atoms with Crippen LogP contribution >= 0.6 is 0 Å². The van der Waals surface area contributed by atoms with Gasteiger partial charge < -0.3 is 0 Å². The van der Waals surface area contributed by atoms with Crippen molar-refractivity contribution in [1.29, 1.82) is 0 Å². The standard InChI is InChI=1S/C17H32/c1-16(2)14-12-10-8-6-5-7-9-11-13-15-17(3)4/h1,3,5-15H2,2,4H3. The lowest BCUT2D eigenvalue weighted by Gasteiger charge is -2.03. The van der Waals surface area contributed by atoms with Gasteiger partial charge >= 0.3 is 0 Å². The summed E-state index contributed by atoms with van der Waals surface area (Å²) < 4.78 is 0. The number of unbranched alkanes of at least 4 members (excludes halogenated alkanes) is 8. The van der Waals surface area contributed by atoms with E-state index in [0.29, 0.717) is 0 Å². The molecule has 0 bridgehead atoms. The molecule has 0 fully saturated rings. The highest BCUT2D eigenvalue weighted by atomic mass is 14.0. The molecule has 0 aromatic carbocycles. The minimum atomic E-state index is 1.22.